The van der Waals surface area contributed by atoms with Crippen molar-refractivity contribution in [1.82, 2.24) is 5.32 Å². The van der Waals surface area contributed by atoms with Gasteiger partial charge in [-0.3, -0.25) is 9.00 Å². The number of carbonyl (C=O) groups excluding carboxylic acids is 1. The van der Waals surface area contributed by atoms with E-state index in [-0.39, 0.29) is 11.8 Å². The molecule has 5 heteroatoms. The van der Waals surface area contributed by atoms with Crippen LogP contribution in [0.15, 0.2) is 0 Å². The van der Waals surface area contributed by atoms with Gasteiger partial charge in [0.1, 0.15) is 0 Å². The Morgan fingerprint density at radius 3 is 2.69 bits per heavy atom. The van der Waals surface area contributed by atoms with Crippen LogP contribution >= 0.6 is 0 Å². The minimum Gasteiger partial charge on any atom is -0.369 e. The minimum absolute atomic E-state index is 0.157. The van der Waals surface area contributed by atoms with Gasteiger partial charge in [-0.25, -0.2) is 0 Å². The van der Waals surface area contributed by atoms with Crippen LogP contribution in [0.25, 0.3) is 0 Å². The van der Waals surface area contributed by atoms with E-state index in [1.54, 1.807) is 6.92 Å². The second-order valence-corrected chi connectivity index (χ2v) is 4.81. The van der Waals surface area contributed by atoms with E-state index in [0.717, 1.165) is 0 Å². The SMILES string of the molecule is CCS(=O)CCNCC(C)C(N)=O. The fourth-order valence-corrected chi connectivity index (χ4v) is 1.41. The molecular formula is C8H18N2O2S. The average molecular weight is 206 g/mol. The summed E-state index contributed by atoms with van der Waals surface area (Å²) in [6.45, 7) is 4.91. The Hall–Kier alpha value is -0.420. The van der Waals surface area contributed by atoms with Crippen LogP contribution in [-0.4, -0.2) is 34.7 Å². The predicted octanol–water partition coefficient (Wildman–Crippen LogP) is -0.534. The lowest BCUT2D eigenvalue weighted by atomic mass is 10.2. The highest BCUT2D eigenvalue weighted by atomic mass is 32.2. The predicted molar refractivity (Wildman–Crippen MR) is 54.8 cm³/mol. The van der Waals surface area contributed by atoms with Crippen LogP contribution in [0.5, 0.6) is 0 Å². The topological polar surface area (TPSA) is 72.2 Å². The van der Waals surface area contributed by atoms with Crippen LogP contribution in [0.1, 0.15) is 13.8 Å². The molecule has 0 radical (unpaired) electrons. The molecule has 0 bridgehead atoms. The van der Waals surface area contributed by atoms with Gasteiger partial charge in [-0.1, -0.05) is 13.8 Å². The van der Waals surface area contributed by atoms with Crippen molar-refractivity contribution in [2.24, 2.45) is 11.7 Å². The summed E-state index contributed by atoms with van der Waals surface area (Å²) in [6.07, 6.45) is 0. The lowest BCUT2D eigenvalue weighted by Gasteiger charge is -2.07. The molecular weight excluding hydrogens is 188 g/mol. The molecule has 0 aliphatic carbocycles. The van der Waals surface area contributed by atoms with Crippen molar-refractivity contribution < 1.29 is 9.00 Å². The summed E-state index contributed by atoms with van der Waals surface area (Å²) < 4.78 is 11.0. The van der Waals surface area contributed by atoms with E-state index in [9.17, 15) is 9.00 Å². The molecule has 0 heterocycles. The molecule has 0 spiro atoms. The first-order valence-corrected chi connectivity index (χ1v) is 5.91. The van der Waals surface area contributed by atoms with Crippen molar-refractivity contribution in [3.05, 3.63) is 0 Å². The molecule has 78 valence electrons. The van der Waals surface area contributed by atoms with E-state index in [4.69, 9.17) is 5.73 Å². The molecule has 2 atom stereocenters. The quantitative estimate of drug-likeness (QED) is 0.550. The molecule has 0 fully saturated rings. The molecule has 13 heavy (non-hydrogen) atoms. The van der Waals surface area contributed by atoms with E-state index >= 15 is 0 Å². The van der Waals surface area contributed by atoms with Gasteiger partial charge in [-0.15, -0.1) is 0 Å². The van der Waals surface area contributed by atoms with Crippen molar-refractivity contribution in [2.75, 3.05) is 24.6 Å². The molecule has 0 aromatic carbocycles. The fourth-order valence-electron chi connectivity index (χ4n) is 0.750. The summed E-state index contributed by atoms with van der Waals surface area (Å²) in [5, 5.41) is 3.04. The van der Waals surface area contributed by atoms with Gasteiger partial charge < -0.3 is 11.1 Å². The van der Waals surface area contributed by atoms with E-state index in [1.807, 2.05) is 6.92 Å². The number of carbonyl (C=O) groups is 1. The largest absolute Gasteiger partial charge is 0.369 e. The first-order chi connectivity index (χ1) is 6.07. The Labute approximate surface area is 81.7 Å². The Balaban J connectivity index is 3.35. The zero-order valence-corrected chi connectivity index (χ0v) is 9.02. The van der Waals surface area contributed by atoms with Crippen LogP contribution < -0.4 is 11.1 Å². The highest BCUT2D eigenvalue weighted by molar-refractivity contribution is 7.84. The number of amides is 1. The summed E-state index contributed by atoms with van der Waals surface area (Å²) in [5.74, 6) is 0.869. The number of nitrogens with two attached hydrogens (primary N) is 1. The molecule has 0 aliphatic heterocycles. The molecule has 3 N–H and O–H groups in total. The maximum absolute atomic E-state index is 11.0. The molecule has 0 saturated carbocycles. The van der Waals surface area contributed by atoms with Gasteiger partial charge in [0.05, 0.1) is 0 Å². The second kappa shape index (κ2) is 7.03. The smallest absolute Gasteiger partial charge is 0.221 e. The fraction of sp³-hybridized carbons (Fsp3) is 0.875. The lowest BCUT2D eigenvalue weighted by Crippen LogP contribution is -2.32. The number of rotatable bonds is 7. The van der Waals surface area contributed by atoms with Gasteiger partial charge in [-0.2, -0.15) is 0 Å². The van der Waals surface area contributed by atoms with Crippen LogP contribution in [0, 0.1) is 5.92 Å². The van der Waals surface area contributed by atoms with Crippen LogP contribution in [0.3, 0.4) is 0 Å². The van der Waals surface area contributed by atoms with Crippen molar-refractivity contribution >= 4 is 16.7 Å². The molecule has 2 unspecified atom stereocenters. The highest BCUT2D eigenvalue weighted by Gasteiger charge is 2.06. The standard InChI is InChI=1S/C8H18N2O2S/c1-3-13(12)5-4-10-6-7(2)8(9)11/h7,10H,3-6H2,1-2H3,(H2,9,11). The highest BCUT2D eigenvalue weighted by Crippen LogP contribution is 1.89. The van der Waals surface area contributed by atoms with Crippen molar-refractivity contribution in [3.8, 4) is 0 Å². The zero-order chi connectivity index (χ0) is 10.3. The first-order valence-electron chi connectivity index (χ1n) is 4.43. The Kier molecular flexibility index (Phi) is 6.80. The second-order valence-electron chi connectivity index (χ2n) is 2.94. The van der Waals surface area contributed by atoms with Crippen LogP contribution in [-0.2, 0) is 15.6 Å². The minimum atomic E-state index is -0.731. The summed E-state index contributed by atoms with van der Waals surface area (Å²) in [5.41, 5.74) is 5.07. The Morgan fingerprint density at radius 2 is 2.23 bits per heavy atom. The van der Waals surface area contributed by atoms with Gasteiger partial charge in [0, 0.05) is 41.3 Å². The van der Waals surface area contributed by atoms with Crippen molar-refractivity contribution in [1.29, 1.82) is 0 Å². The third kappa shape index (κ3) is 6.72. The van der Waals surface area contributed by atoms with Crippen LogP contribution in [0.4, 0.5) is 0 Å². The lowest BCUT2D eigenvalue weighted by molar-refractivity contribution is -0.121. The number of hydrogen-bond donors (Lipinski definition) is 2. The average Bonchev–Trinajstić information content (AvgIpc) is 2.11. The molecule has 0 aliphatic rings. The van der Waals surface area contributed by atoms with Crippen LogP contribution in [0.2, 0.25) is 0 Å². The summed E-state index contributed by atoms with van der Waals surface area (Å²) in [6, 6.07) is 0. The number of primary amides is 1. The Bertz CT molecular complexity index is 185. The number of hydrogen-bond acceptors (Lipinski definition) is 3. The van der Waals surface area contributed by atoms with Gasteiger partial charge >= 0.3 is 0 Å². The molecule has 1 amide bonds. The van der Waals surface area contributed by atoms with E-state index in [2.05, 4.69) is 5.32 Å². The number of nitrogens with one attached hydrogen (secondary N) is 1. The maximum Gasteiger partial charge on any atom is 0.221 e. The monoisotopic (exact) mass is 206 g/mol. The molecule has 0 aromatic rings. The van der Waals surface area contributed by atoms with Crippen molar-refractivity contribution in [3.63, 3.8) is 0 Å². The van der Waals surface area contributed by atoms with E-state index < -0.39 is 10.8 Å². The summed E-state index contributed by atoms with van der Waals surface area (Å²) in [4.78, 5) is 10.6. The van der Waals surface area contributed by atoms with Gasteiger partial charge in [0.15, 0.2) is 0 Å². The first kappa shape index (κ1) is 12.6. The molecule has 0 saturated heterocycles. The van der Waals surface area contributed by atoms with E-state index in [1.165, 1.54) is 0 Å². The zero-order valence-electron chi connectivity index (χ0n) is 8.21. The maximum atomic E-state index is 11.0. The van der Waals surface area contributed by atoms with E-state index in [0.29, 0.717) is 24.6 Å². The van der Waals surface area contributed by atoms with Gasteiger partial charge in [0.2, 0.25) is 5.91 Å². The molecule has 4 nitrogen and oxygen atoms in total. The van der Waals surface area contributed by atoms with Gasteiger partial charge in [-0.05, 0) is 0 Å². The third-order valence-corrected chi connectivity index (χ3v) is 3.07. The molecule has 0 rings (SSSR count). The van der Waals surface area contributed by atoms with Crippen molar-refractivity contribution in [2.45, 2.75) is 13.8 Å². The normalized spacial score (nSPS) is 15.2. The summed E-state index contributed by atoms with van der Waals surface area (Å²) >= 11 is 0. The molecule has 0 aromatic heterocycles. The summed E-state index contributed by atoms with van der Waals surface area (Å²) in [7, 11) is -0.731. The van der Waals surface area contributed by atoms with Gasteiger partial charge in [0.25, 0.3) is 0 Å². The Morgan fingerprint density at radius 1 is 1.62 bits per heavy atom. The third-order valence-electron chi connectivity index (χ3n) is 1.76.